The van der Waals surface area contributed by atoms with Gasteiger partial charge in [0, 0.05) is 13.0 Å². The van der Waals surface area contributed by atoms with Crippen LogP contribution in [-0.2, 0) is 23.7 Å². The summed E-state index contributed by atoms with van der Waals surface area (Å²) in [5.41, 5.74) is 0. The fourth-order valence-electron chi connectivity index (χ4n) is 5.33. The van der Waals surface area contributed by atoms with E-state index in [9.17, 15) is 25.2 Å². The third kappa shape index (κ3) is 21.5. The smallest absolute Gasteiger partial charge is 0.306 e. The van der Waals surface area contributed by atoms with Crippen molar-refractivity contribution in [3.63, 3.8) is 0 Å². The Balaban J connectivity index is 2.36. The molecule has 1 heterocycles. The largest absolute Gasteiger partial charge is 0.457 e. The van der Waals surface area contributed by atoms with Gasteiger partial charge in [0.2, 0.25) is 0 Å². The van der Waals surface area contributed by atoms with E-state index in [0.717, 1.165) is 64.2 Å². The van der Waals surface area contributed by atoms with E-state index in [1.165, 1.54) is 57.8 Å². The molecular formula is C37H68O9. The molecule has 0 aliphatic carbocycles. The van der Waals surface area contributed by atoms with Gasteiger partial charge in [-0.2, -0.15) is 0 Å². The normalized spacial score (nSPS) is 22.6. The summed E-state index contributed by atoms with van der Waals surface area (Å²) in [6.45, 7) is 4.44. The molecule has 0 aromatic carbocycles. The van der Waals surface area contributed by atoms with E-state index < -0.39 is 43.4 Å². The second-order valence-electron chi connectivity index (χ2n) is 12.7. The van der Waals surface area contributed by atoms with Gasteiger partial charge in [0.05, 0.1) is 19.8 Å². The summed E-state index contributed by atoms with van der Waals surface area (Å²) in [6, 6.07) is 0. The molecule has 1 fully saturated rings. The average molecular weight is 657 g/mol. The van der Waals surface area contributed by atoms with Gasteiger partial charge in [-0.3, -0.25) is 4.79 Å². The summed E-state index contributed by atoms with van der Waals surface area (Å²) in [6.07, 6.45) is 23.4. The van der Waals surface area contributed by atoms with E-state index >= 15 is 0 Å². The Hall–Kier alpha value is -1.33. The Bertz CT molecular complexity index is 757. The Morgan fingerprint density at radius 2 is 1.20 bits per heavy atom. The number of aliphatic hydroxyl groups is 4. The van der Waals surface area contributed by atoms with E-state index in [1.807, 2.05) is 0 Å². The van der Waals surface area contributed by atoms with Crippen LogP contribution in [0.5, 0.6) is 0 Å². The molecule has 6 atom stereocenters. The lowest BCUT2D eigenvalue weighted by atomic mass is 9.99. The number of aliphatic hydroxyl groups excluding tert-OH is 4. The number of carbonyl (C=O) groups is 1. The van der Waals surface area contributed by atoms with E-state index in [1.54, 1.807) is 0 Å². The second-order valence-corrected chi connectivity index (χ2v) is 12.7. The highest BCUT2D eigenvalue weighted by molar-refractivity contribution is 5.69. The van der Waals surface area contributed by atoms with Gasteiger partial charge in [0.25, 0.3) is 0 Å². The summed E-state index contributed by atoms with van der Waals surface area (Å²) in [5, 5.41) is 39.8. The molecule has 6 unspecified atom stereocenters. The SMILES string of the molecule is CCCC/C=C\CCCCCCCCOCC(COC1OC(CO)C(O)C(O)C1O)OC(=O)CCCCCCC/C=C\CCCC. The molecule has 0 amide bonds. The maximum absolute atomic E-state index is 12.6. The molecule has 1 rings (SSSR count). The number of hydrogen-bond donors (Lipinski definition) is 4. The van der Waals surface area contributed by atoms with Gasteiger partial charge in [0.1, 0.15) is 30.5 Å². The number of rotatable bonds is 30. The number of unbranched alkanes of at least 4 members (excludes halogenated alkanes) is 15. The van der Waals surface area contributed by atoms with E-state index in [2.05, 4.69) is 38.2 Å². The molecule has 0 bridgehead atoms. The first-order valence-electron chi connectivity index (χ1n) is 18.4. The van der Waals surface area contributed by atoms with Crippen LogP contribution in [0.25, 0.3) is 0 Å². The van der Waals surface area contributed by atoms with Crippen LogP contribution in [0, 0.1) is 0 Å². The maximum Gasteiger partial charge on any atom is 0.306 e. The monoisotopic (exact) mass is 656 g/mol. The second kappa shape index (κ2) is 29.8. The molecule has 4 N–H and O–H groups in total. The van der Waals surface area contributed by atoms with Crippen LogP contribution in [0.2, 0.25) is 0 Å². The summed E-state index contributed by atoms with van der Waals surface area (Å²) < 4.78 is 22.6. The van der Waals surface area contributed by atoms with Crippen LogP contribution in [0.4, 0.5) is 0 Å². The van der Waals surface area contributed by atoms with Crippen molar-refractivity contribution in [3.8, 4) is 0 Å². The summed E-state index contributed by atoms with van der Waals surface area (Å²) in [5.74, 6) is -0.329. The molecular weight excluding hydrogens is 588 g/mol. The predicted octanol–water partition coefficient (Wildman–Crippen LogP) is 6.69. The highest BCUT2D eigenvalue weighted by Gasteiger charge is 2.44. The molecule has 0 aromatic rings. The Kier molecular flexibility index (Phi) is 27.6. The topological polar surface area (TPSA) is 135 Å². The summed E-state index contributed by atoms with van der Waals surface area (Å²) >= 11 is 0. The molecule has 9 heteroatoms. The summed E-state index contributed by atoms with van der Waals surface area (Å²) in [4.78, 5) is 12.6. The Labute approximate surface area is 279 Å². The van der Waals surface area contributed by atoms with Gasteiger partial charge >= 0.3 is 5.97 Å². The highest BCUT2D eigenvalue weighted by Crippen LogP contribution is 2.22. The lowest BCUT2D eigenvalue weighted by molar-refractivity contribution is -0.305. The zero-order chi connectivity index (χ0) is 33.7. The van der Waals surface area contributed by atoms with Crippen LogP contribution in [-0.4, -0.2) is 89.6 Å². The van der Waals surface area contributed by atoms with Crippen LogP contribution < -0.4 is 0 Å². The number of esters is 1. The van der Waals surface area contributed by atoms with Crippen molar-refractivity contribution in [1.82, 2.24) is 0 Å². The fraction of sp³-hybridized carbons (Fsp3) is 0.865. The molecule has 0 spiro atoms. The first kappa shape index (κ1) is 42.7. The standard InChI is InChI=1S/C37H68O9/c1-3-5-7-9-11-13-15-17-19-21-23-25-27-43-29-31(30-44-37-36(42)35(41)34(40)32(28-38)46-37)45-33(39)26-24-22-20-18-16-14-12-10-8-6-4-2/h9-12,31-32,34-38,40-42H,3-8,13-30H2,1-2H3/b11-9-,12-10-. The first-order valence-corrected chi connectivity index (χ1v) is 18.4. The first-order chi connectivity index (χ1) is 22.4. The molecule has 1 aliphatic rings. The minimum atomic E-state index is -1.53. The molecule has 46 heavy (non-hydrogen) atoms. The number of ether oxygens (including phenoxy) is 4. The van der Waals surface area contributed by atoms with Gasteiger partial charge < -0.3 is 39.4 Å². The molecule has 1 saturated heterocycles. The number of carbonyl (C=O) groups excluding carboxylic acids is 1. The highest BCUT2D eigenvalue weighted by atomic mass is 16.7. The predicted molar refractivity (Wildman–Crippen MR) is 182 cm³/mol. The van der Waals surface area contributed by atoms with Crippen molar-refractivity contribution in [2.75, 3.05) is 26.4 Å². The van der Waals surface area contributed by atoms with Crippen LogP contribution in [0.15, 0.2) is 24.3 Å². The van der Waals surface area contributed by atoms with Crippen molar-refractivity contribution in [1.29, 1.82) is 0 Å². The lowest BCUT2D eigenvalue weighted by Gasteiger charge is -2.39. The van der Waals surface area contributed by atoms with Gasteiger partial charge in [-0.1, -0.05) is 109 Å². The molecule has 270 valence electrons. The van der Waals surface area contributed by atoms with Crippen LogP contribution >= 0.6 is 0 Å². The zero-order valence-electron chi connectivity index (χ0n) is 29.1. The molecule has 9 nitrogen and oxygen atoms in total. The van der Waals surface area contributed by atoms with Crippen molar-refractivity contribution in [2.24, 2.45) is 0 Å². The zero-order valence-corrected chi connectivity index (χ0v) is 29.1. The third-order valence-corrected chi connectivity index (χ3v) is 8.34. The van der Waals surface area contributed by atoms with Crippen LogP contribution in [0.1, 0.15) is 142 Å². The van der Waals surface area contributed by atoms with Crippen molar-refractivity contribution >= 4 is 5.97 Å². The van der Waals surface area contributed by atoms with Crippen molar-refractivity contribution < 1.29 is 44.2 Å². The maximum atomic E-state index is 12.6. The third-order valence-electron chi connectivity index (χ3n) is 8.34. The summed E-state index contributed by atoms with van der Waals surface area (Å²) in [7, 11) is 0. The lowest BCUT2D eigenvalue weighted by Crippen LogP contribution is -2.59. The minimum absolute atomic E-state index is 0.118. The van der Waals surface area contributed by atoms with Gasteiger partial charge in [-0.15, -0.1) is 0 Å². The van der Waals surface area contributed by atoms with Gasteiger partial charge in [-0.05, 0) is 51.4 Å². The van der Waals surface area contributed by atoms with Crippen LogP contribution in [0.3, 0.4) is 0 Å². The number of hydrogen-bond acceptors (Lipinski definition) is 9. The average Bonchev–Trinajstić information content (AvgIpc) is 3.05. The Morgan fingerprint density at radius 3 is 1.76 bits per heavy atom. The quantitative estimate of drug-likeness (QED) is 0.0379. The van der Waals surface area contributed by atoms with Gasteiger partial charge in [-0.25, -0.2) is 0 Å². The van der Waals surface area contributed by atoms with E-state index in [0.29, 0.717) is 13.0 Å². The number of allylic oxidation sites excluding steroid dienone is 4. The molecule has 0 saturated carbocycles. The van der Waals surface area contributed by atoms with E-state index in [4.69, 9.17) is 18.9 Å². The Morgan fingerprint density at radius 1 is 0.674 bits per heavy atom. The molecule has 0 radical (unpaired) electrons. The molecule has 0 aromatic heterocycles. The van der Waals surface area contributed by atoms with Gasteiger partial charge in [0.15, 0.2) is 6.29 Å². The van der Waals surface area contributed by atoms with Crippen molar-refractivity contribution in [2.45, 2.75) is 179 Å². The van der Waals surface area contributed by atoms with Crippen molar-refractivity contribution in [3.05, 3.63) is 24.3 Å². The van der Waals surface area contributed by atoms with E-state index in [-0.39, 0.29) is 19.2 Å². The molecule has 1 aliphatic heterocycles. The minimum Gasteiger partial charge on any atom is -0.457 e. The fourth-order valence-corrected chi connectivity index (χ4v) is 5.33.